The molecule has 3 aromatic rings. The normalized spacial score (nSPS) is 16.6. The van der Waals surface area contributed by atoms with Crippen LogP contribution in [0.5, 0.6) is 17.2 Å². The summed E-state index contributed by atoms with van der Waals surface area (Å²) in [5, 5.41) is 10.7. The van der Waals surface area contributed by atoms with Gasteiger partial charge >= 0.3 is 5.97 Å². The van der Waals surface area contributed by atoms with Crippen LogP contribution in [0.15, 0.2) is 60.7 Å². The Morgan fingerprint density at radius 2 is 1.69 bits per heavy atom. The maximum Gasteiger partial charge on any atom is 0.320 e. The summed E-state index contributed by atoms with van der Waals surface area (Å²) in [5.74, 6) is 0.610. The zero-order chi connectivity index (χ0) is 24.9. The molecule has 0 aliphatic carbocycles. The SMILES string of the molecule is COc1cc(C(c2ccc(Cl)c(Cl)c2)N2CCCC2C(=O)O)cc(OC)c1OCc1ccccc1. The maximum absolute atomic E-state index is 12.1. The van der Waals surface area contributed by atoms with Crippen molar-refractivity contribution in [3.63, 3.8) is 0 Å². The Balaban J connectivity index is 1.79. The van der Waals surface area contributed by atoms with Crippen molar-refractivity contribution in [2.24, 2.45) is 0 Å². The van der Waals surface area contributed by atoms with E-state index in [1.54, 1.807) is 26.4 Å². The predicted molar refractivity (Wildman–Crippen MR) is 136 cm³/mol. The van der Waals surface area contributed by atoms with Gasteiger partial charge in [-0.1, -0.05) is 59.6 Å². The van der Waals surface area contributed by atoms with Crippen LogP contribution in [0.4, 0.5) is 0 Å². The molecule has 2 unspecified atom stereocenters. The van der Waals surface area contributed by atoms with E-state index < -0.39 is 18.1 Å². The van der Waals surface area contributed by atoms with E-state index >= 15 is 0 Å². The molecule has 1 fully saturated rings. The molecule has 1 heterocycles. The number of hydrogen-bond donors (Lipinski definition) is 1. The molecule has 0 amide bonds. The number of halogens is 2. The van der Waals surface area contributed by atoms with E-state index in [0.29, 0.717) is 46.9 Å². The quantitative estimate of drug-likeness (QED) is 0.364. The van der Waals surface area contributed by atoms with Gasteiger partial charge in [0, 0.05) is 6.54 Å². The first-order chi connectivity index (χ1) is 16.9. The first-order valence-corrected chi connectivity index (χ1v) is 12.0. The first kappa shape index (κ1) is 25.2. The van der Waals surface area contributed by atoms with E-state index in [1.807, 2.05) is 53.4 Å². The third-order valence-electron chi connectivity index (χ3n) is 6.19. The van der Waals surface area contributed by atoms with E-state index in [0.717, 1.165) is 23.1 Å². The predicted octanol–water partition coefficient (Wildman–Crippen LogP) is 6.23. The lowest BCUT2D eigenvalue weighted by atomic mass is 9.95. The van der Waals surface area contributed by atoms with E-state index in [2.05, 4.69) is 0 Å². The molecule has 1 N–H and O–H groups in total. The highest BCUT2D eigenvalue weighted by Crippen LogP contribution is 2.44. The van der Waals surface area contributed by atoms with Crippen LogP contribution in [-0.2, 0) is 11.4 Å². The van der Waals surface area contributed by atoms with Crippen molar-refractivity contribution in [3.05, 3.63) is 87.4 Å². The van der Waals surface area contributed by atoms with Crippen molar-refractivity contribution in [2.45, 2.75) is 31.5 Å². The van der Waals surface area contributed by atoms with Crippen LogP contribution >= 0.6 is 23.2 Å². The molecule has 1 saturated heterocycles. The van der Waals surface area contributed by atoms with Gasteiger partial charge in [-0.15, -0.1) is 0 Å². The molecule has 4 rings (SSSR count). The zero-order valence-electron chi connectivity index (χ0n) is 19.5. The molecule has 184 valence electrons. The molecule has 6 nitrogen and oxygen atoms in total. The molecule has 8 heteroatoms. The number of carbonyl (C=O) groups is 1. The van der Waals surface area contributed by atoms with Crippen molar-refractivity contribution < 1.29 is 24.1 Å². The van der Waals surface area contributed by atoms with Crippen LogP contribution < -0.4 is 14.2 Å². The van der Waals surface area contributed by atoms with Crippen LogP contribution in [0.1, 0.15) is 35.6 Å². The monoisotopic (exact) mass is 515 g/mol. The van der Waals surface area contributed by atoms with Gasteiger partial charge in [-0.2, -0.15) is 0 Å². The molecule has 0 aromatic heterocycles. The number of carboxylic acid groups (broad SMARTS) is 1. The topological polar surface area (TPSA) is 68.2 Å². The smallest absolute Gasteiger partial charge is 0.320 e. The summed E-state index contributed by atoms with van der Waals surface area (Å²) in [6.45, 7) is 0.967. The molecule has 0 saturated carbocycles. The minimum Gasteiger partial charge on any atom is -0.493 e. The number of likely N-dealkylation sites (tertiary alicyclic amines) is 1. The van der Waals surface area contributed by atoms with Gasteiger partial charge in [0.25, 0.3) is 0 Å². The largest absolute Gasteiger partial charge is 0.493 e. The third-order valence-corrected chi connectivity index (χ3v) is 6.93. The van der Waals surface area contributed by atoms with Crippen molar-refractivity contribution in [1.82, 2.24) is 4.90 Å². The molecular weight excluding hydrogens is 489 g/mol. The fourth-order valence-electron chi connectivity index (χ4n) is 4.55. The number of methoxy groups -OCH3 is 2. The number of rotatable bonds is 9. The van der Waals surface area contributed by atoms with E-state index in [4.69, 9.17) is 37.4 Å². The minimum atomic E-state index is -0.852. The van der Waals surface area contributed by atoms with E-state index in [9.17, 15) is 9.90 Å². The summed E-state index contributed by atoms with van der Waals surface area (Å²) in [6, 6.07) is 17.9. The summed E-state index contributed by atoms with van der Waals surface area (Å²) >= 11 is 12.5. The van der Waals surface area contributed by atoms with Crippen LogP contribution in [0.25, 0.3) is 0 Å². The van der Waals surface area contributed by atoms with E-state index in [-0.39, 0.29) is 0 Å². The summed E-state index contributed by atoms with van der Waals surface area (Å²) in [7, 11) is 3.13. The Hall–Kier alpha value is -2.93. The average Bonchev–Trinajstić information content (AvgIpc) is 3.35. The Kier molecular flexibility index (Phi) is 8.06. The Morgan fingerprint density at radius 3 is 2.29 bits per heavy atom. The second-order valence-corrected chi connectivity index (χ2v) is 9.15. The summed E-state index contributed by atoms with van der Waals surface area (Å²) < 4.78 is 17.5. The Bertz CT molecular complexity index is 1160. The molecule has 3 aromatic carbocycles. The molecule has 0 radical (unpaired) electrons. The number of carboxylic acids is 1. The Labute approximate surface area is 214 Å². The van der Waals surface area contributed by atoms with Gasteiger partial charge < -0.3 is 19.3 Å². The molecule has 1 aliphatic rings. The van der Waals surface area contributed by atoms with Gasteiger partial charge in [0.1, 0.15) is 12.6 Å². The fourth-order valence-corrected chi connectivity index (χ4v) is 4.86. The van der Waals surface area contributed by atoms with Gasteiger partial charge in [0.15, 0.2) is 11.5 Å². The molecule has 1 aliphatic heterocycles. The van der Waals surface area contributed by atoms with Crippen molar-refractivity contribution >= 4 is 29.2 Å². The highest BCUT2D eigenvalue weighted by atomic mass is 35.5. The average molecular weight is 516 g/mol. The summed E-state index contributed by atoms with van der Waals surface area (Å²) in [4.78, 5) is 14.0. The molecular formula is C27H27Cl2NO5. The van der Waals surface area contributed by atoms with Crippen LogP contribution in [0.3, 0.4) is 0 Å². The van der Waals surface area contributed by atoms with Crippen molar-refractivity contribution in [2.75, 3.05) is 20.8 Å². The maximum atomic E-state index is 12.1. The summed E-state index contributed by atoms with van der Waals surface area (Å²) in [5.41, 5.74) is 2.64. The standard InChI is InChI=1S/C27H27Cl2NO5/c1-33-23-14-19(15-24(34-2)26(23)35-16-17-7-4-3-5-8-17)25(18-10-11-20(28)21(29)13-18)30-12-6-9-22(30)27(31)32/h3-5,7-8,10-11,13-15,22,25H,6,9,12,16H2,1-2H3,(H,31,32). The molecule has 0 spiro atoms. The van der Waals surface area contributed by atoms with Gasteiger partial charge in [-0.25, -0.2) is 0 Å². The lowest BCUT2D eigenvalue weighted by Crippen LogP contribution is -2.39. The minimum absolute atomic E-state index is 0.344. The lowest BCUT2D eigenvalue weighted by Gasteiger charge is -2.33. The summed E-state index contributed by atoms with van der Waals surface area (Å²) in [6.07, 6.45) is 1.35. The number of benzene rings is 3. The van der Waals surface area contributed by atoms with Gasteiger partial charge in [-0.3, -0.25) is 9.69 Å². The zero-order valence-corrected chi connectivity index (χ0v) is 21.1. The highest BCUT2D eigenvalue weighted by molar-refractivity contribution is 6.42. The van der Waals surface area contributed by atoms with Gasteiger partial charge in [-0.05, 0) is 53.8 Å². The van der Waals surface area contributed by atoms with E-state index in [1.165, 1.54) is 0 Å². The molecule has 35 heavy (non-hydrogen) atoms. The second kappa shape index (κ2) is 11.2. The fraction of sp³-hybridized carbons (Fsp3) is 0.296. The number of hydrogen-bond acceptors (Lipinski definition) is 5. The molecule has 0 bridgehead atoms. The van der Waals surface area contributed by atoms with Gasteiger partial charge in [0.2, 0.25) is 5.75 Å². The van der Waals surface area contributed by atoms with Crippen molar-refractivity contribution in [3.8, 4) is 17.2 Å². The van der Waals surface area contributed by atoms with Crippen LogP contribution in [0.2, 0.25) is 10.0 Å². The number of ether oxygens (including phenoxy) is 3. The number of nitrogens with zero attached hydrogens (tertiary/aromatic N) is 1. The third kappa shape index (κ3) is 5.50. The molecule has 2 atom stereocenters. The number of aliphatic carboxylic acids is 1. The lowest BCUT2D eigenvalue weighted by molar-refractivity contribution is -0.142. The Morgan fingerprint density at radius 1 is 1.00 bits per heavy atom. The van der Waals surface area contributed by atoms with Gasteiger partial charge in [0.05, 0.1) is 30.3 Å². The van der Waals surface area contributed by atoms with Crippen LogP contribution in [-0.4, -0.2) is 42.8 Å². The highest BCUT2D eigenvalue weighted by Gasteiger charge is 2.37. The van der Waals surface area contributed by atoms with Crippen molar-refractivity contribution in [1.29, 1.82) is 0 Å². The first-order valence-electron chi connectivity index (χ1n) is 11.3. The van der Waals surface area contributed by atoms with Crippen LogP contribution in [0, 0.1) is 0 Å². The second-order valence-electron chi connectivity index (χ2n) is 8.34.